The second-order valence-corrected chi connectivity index (χ2v) is 6.76. The molecule has 3 rings (SSSR count). The van der Waals surface area contributed by atoms with E-state index in [9.17, 15) is 4.79 Å². The number of nitrogens with one attached hydrogen (secondary N) is 1. The summed E-state index contributed by atoms with van der Waals surface area (Å²) in [7, 11) is 0. The Labute approximate surface area is 137 Å². The molecule has 0 bridgehead atoms. The number of amides is 1. The third-order valence-electron chi connectivity index (χ3n) is 3.49. The Morgan fingerprint density at radius 2 is 2.13 bits per heavy atom. The van der Waals surface area contributed by atoms with E-state index < -0.39 is 0 Å². The maximum Gasteiger partial charge on any atom is 0.261 e. The van der Waals surface area contributed by atoms with Gasteiger partial charge in [-0.3, -0.25) is 4.79 Å². The zero-order valence-corrected chi connectivity index (χ0v) is 14.0. The second-order valence-electron chi connectivity index (χ2n) is 5.29. The summed E-state index contributed by atoms with van der Waals surface area (Å²) in [6, 6.07) is 9.61. The molecule has 0 atom stereocenters. The maximum atomic E-state index is 12.1. The van der Waals surface area contributed by atoms with Gasteiger partial charge in [0.15, 0.2) is 0 Å². The largest absolute Gasteiger partial charge is 0.271 e. The minimum atomic E-state index is -0.232. The lowest BCUT2D eigenvalue weighted by Gasteiger charge is -2.03. The molecule has 1 N–H and O–H groups in total. The molecule has 0 radical (unpaired) electrons. The van der Waals surface area contributed by atoms with E-state index in [2.05, 4.69) is 40.8 Å². The fourth-order valence-corrected chi connectivity index (χ4v) is 3.38. The zero-order valence-electron chi connectivity index (χ0n) is 13.2. The summed E-state index contributed by atoms with van der Waals surface area (Å²) in [4.78, 5) is 14.5. The zero-order chi connectivity index (χ0) is 16.4. The highest BCUT2D eigenvalue weighted by atomic mass is 32.1. The van der Waals surface area contributed by atoms with E-state index in [4.69, 9.17) is 0 Å². The lowest BCUT2D eigenvalue weighted by atomic mass is 10.2. The van der Waals surface area contributed by atoms with Crippen LogP contribution in [0.15, 0.2) is 35.4 Å². The number of aryl methyl sites for hydroxylation is 2. The minimum absolute atomic E-state index is 0.0823. The number of rotatable bonds is 4. The van der Waals surface area contributed by atoms with Gasteiger partial charge in [0.05, 0.1) is 11.2 Å². The standard InChI is InChI=1S/C16H17N5OS/c1-10-8-13(12(3)23-10)11(2)17-19-16(22)9-21-15-7-5-4-6-14(15)18-20-21/h4-8H,9H2,1-3H3,(H,19,22)/b17-11-. The number of thiophene rings is 1. The first-order chi connectivity index (χ1) is 11.0. The molecule has 0 unspecified atom stereocenters. The van der Waals surface area contributed by atoms with E-state index in [0.717, 1.165) is 22.3 Å². The van der Waals surface area contributed by atoms with E-state index in [0.29, 0.717) is 0 Å². The van der Waals surface area contributed by atoms with Crippen molar-refractivity contribution in [2.45, 2.75) is 27.3 Å². The van der Waals surface area contributed by atoms with Crippen molar-refractivity contribution in [2.75, 3.05) is 0 Å². The van der Waals surface area contributed by atoms with Crippen LogP contribution in [0.2, 0.25) is 0 Å². The van der Waals surface area contributed by atoms with Crippen LogP contribution in [0.4, 0.5) is 0 Å². The first-order valence-corrected chi connectivity index (χ1v) is 8.05. The molecule has 1 amide bonds. The first kappa shape index (κ1) is 15.4. The average molecular weight is 327 g/mol. The summed E-state index contributed by atoms with van der Waals surface area (Å²) >= 11 is 1.72. The number of nitrogens with zero attached hydrogens (tertiary/aromatic N) is 4. The van der Waals surface area contributed by atoms with Crippen molar-refractivity contribution in [2.24, 2.45) is 5.10 Å². The van der Waals surface area contributed by atoms with E-state index in [1.807, 2.05) is 31.2 Å². The highest BCUT2D eigenvalue weighted by Crippen LogP contribution is 2.21. The Balaban J connectivity index is 1.70. The van der Waals surface area contributed by atoms with Crippen molar-refractivity contribution in [3.8, 4) is 0 Å². The molecule has 1 aromatic carbocycles. The molecule has 7 heteroatoms. The lowest BCUT2D eigenvalue weighted by molar-refractivity contribution is -0.121. The number of hydrazone groups is 1. The molecule has 3 aromatic rings. The van der Waals surface area contributed by atoms with Crippen LogP contribution in [-0.4, -0.2) is 26.6 Å². The predicted octanol–water partition coefficient (Wildman–Crippen LogP) is 2.65. The van der Waals surface area contributed by atoms with Crippen molar-refractivity contribution >= 4 is 34.0 Å². The molecule has 0 fully saturated rings. The summed E-state index contributed by atoms with van der Waals surface area (Å²) in [5, 5.41) is 12.2. The number of carbonyl (C=O) groups is 1. The van der Waals surface area contributed by atoms with Gasteiger partial charge in [-0.25, -0.2) is 10.1 Å². The number of aromatic nitrogens is 3. The normalized spacial score (nSPS) is 11.9. The van der Waals surface area contributed by atoms with Gasteiger partial charge >= 0.3 is 0 Å². The van der Waals surface area contributed by atoms with Gasteiger partial charge in [-0.2, -0.15) is 5.10 Å². The van der Waals surface area contributed by atoms with Gasteiger partial charge in [-0.1, -0.05) is 17.3 Å². The lowest BCUT2D eigenvalue weighted by Crippen LogP contribution is -2.24. The summed E-state index contributed by atoms with van der Waals surface area (Å²) in [5.41, 5.74) is 6.04. The Hall–Kier alpha value is -2.54. The van der Waals surface area contributed by atoms with E-state index in [1.54, 1.807) is 16.0 Å². The van der Waals surface area contributed by atoms with Crippen molar-refractivity contribution in [1.82, 2.24) is 20.4 Å². The Bertz CT molecular complexity index is 893. The SMILES string of the molecule is C/C(=N/NC(=O)Cn1nnc2ccccc21)c1cc(C)sc1C. The first-order valence-electron chi connectivity index (χ1n) is 7.23. The number of carbonyl (C=O) groups excluding carboxylic acids is 1. The van der Waals surface area contributed by atoms with E-state index in [-0.39, 0.29) is 12.5 Å². The van der Waals surface area contributed by atoms with Crippen LogP contribution in [0, 0.1) is 13.8 Å². The van der Waals surface area contributed by atoms with Crippen LogP contribution < -0.4 is 5.43 Å². The Kier molecular flexibility index (Phi) is 4.20. The molecule has 0 aliphatic heterocycles. The van der Waals surface area contributed by atoms with Crippen LogP contribution in [0.5, 0.6) is 0 Å². The van der Waals surface area contributed by atoms with Gasteiger partial charge in [0.1, 0.15) is 12.1 Å². The number of para-hydroxylation sites is 1. The molecule has 2 aromatic heterocycles. The predicted molar refractivity (Wildman–Crippen MR) is 91.7 cm³/mol. The molecular formula is C16H17N5OS. The monoisotopic (exact) mass is 327 g/mol. The second kappa shape index (κ2) is 6.29. The van der Waals surface area contributed by atoms with Crippen LogP contribution in [0.1, 0.15) is 22.2 Å². The number of hydrogen-bond acceptors (Lipinski definition) is 5. The van der Waals surface area contributed by atoms with Crippen molar-refractivity contribution in [3.05, 3.63) is 45.6 Å². The molecule has 23 heavy (non-hydrogen) atoms. The van der Waals surface area contributed by atoms with Crippen molar-refractivity contribution < 1.29 is 4.79 Å². The van der Waals surface area contributed by atoms with Crippen LogP contribution in [-0.2, 0) is 11.3 Å². The number of fused-ring (bicyclic) bond motifs is 1. The molecule has 118 valence electrons. The van der Waals surface area contributed by atoms with Gasteiger partial charge in [-0.15, -0.1) is 16.4 Å². The maximum absolute atomic E-state index is 12.1. The van der Waals surface area contributed by atoms with Crippen molar-refractivity contribution in [3.63, 3.8) is 0 Å². The van der Waals surface area contributed by atoms with Crippen LogP contribution in [0.3, 0.4) is 0 Å². The highest BCUT2D eigenvalue weighted by Gasteiger charge is 2.09. The van der Waals surface area contributed by atoms with Crippen molar-refractivity contribution in [1.29, 1.82) is 0 Å². The Morgan fingerprint density at radius 1 is 1.35 bits per heavy atom. The third-order valence-corrected chi connectivity index (χ3v) is 4.46. The summed E-state index contributed by atoms with van der Waals surface area (Å²) in [6.45, 7) is 6.08. The summed E-state index contributed by atoms with van der Waals surface area (Å²) in [5.74, 6) is -0.232. The van der Waals surface area contributed by atoms with E-state index >= 15 is 0 Å². The van der Waals surface area contributed by atoms with Gasteiger partial charge in [0.25, 0.3) is 5.91 Å². The van der Waals surface area contributed by atoms with Crippen LogP contribution >= 0.6 is 11.3 Å². The summed E-state index contributed by atoms with van der Waals surface area (Å²) < 4.78 is 1.56. The summed E-state index contributed by atoms with van der Waals surface area (Å²) in [6.07, 6.45) is 0. The topological polar surface area (TPSA) is 72.2 Å². The number of benzene rings is 1. The minimum Gasteiger partial charge on any atom is -0.271 e. The molecule has 2 heterocycles. The fourth-order valence-electron chi connectivity index (χ4n) is 2.40. The molecule has 0 aliphatic carbocycles. The molecule has 6 nitrogen and oxygen atoms in total. The molecule has 0 saturated heterocycles. The van der Waals surface area contributed by atoms with Gasteiger partial charge < -0.3 is 0 Å². The van der Waals surface area contributed by atoms with Gasteiger partial charge in [0.2, 0.25) is 0 Å². The molecule has 0 saturated carbocycles. The molecular weight excluding hydrogens is 310 g/mol. The Morgan fingerprint density at radius 3 is 2.87 bits per heavy atom. The smallest absolute Gasteiger partial charge is 0.261 e. The van der Waals surface area contributed by atoms with Crippen LogP contribution in [0.25, 0.3) is 11.0 Å². The average Bonchev–Trinajstić information content (AvgIpc) is 3.08. The van der Waals surface area contributed by atoms with Gasteiger partial charge in [0, 0.05) is 15.3 Å². The molecule has 0 spiro atoms. The van der Waals surface area contributed by atoms with E-state index in [1.165, 1.54) is 9.75 Å². The van der Waals surface area contributed by atoms with Gasteiger partial charge in [-0.05, 0) is 39.0 Å². The highest BCUT2D eigenvalue weighted by molar-refractivity contribution is 7.12. The fraction of sp³-hybridized carbons (Fsp3) is 0.250. The third kappa shape index (κ3) is 3.29. The quantitative estimate of drug-likeness (QED) is 0.591. The number of hydrogen-bond donors (Lipinski definition) is 1. The molecule has 0 aliphatic rings.